The molecular formula is C27H30N2O6. The van der Waals surface area contributed by atoms with Gasteiger partial charge in [0, 0.05) is 32.0 Å². The van der Waals surface area contributed by atoms with Crippen LogP contribution in [0.4, 0.5) is 4.79 Å². The first-order chi connectivity index (χ1) is 17.0. The highest BCUT2D eigenvalue weighted by molar-refractivity contribution is 5.93. The van der Waals surface area contributed by atoms with Crippen molar-refractivity contribution in [3.8, 4) is 11.1 Å². The fourth-order valence-electron chi connectivity index (χ4n) is 5.16. The molecule has 0 bridgehead atoms. The van der Waals surface area contributed by atoms with Gasteiger partial charge in [-0.1, -0.05) is 61.4 Å². The van der Waals surface area contributed by atoms with Crippen LogP contribution >= 0.6 is 0 Å². The van der Waals surface area contributed by atoms with Crippen LogP contribution in [0.25, 0.3) is 11.1 Å². The molecule has 1 atom stereocenters. The maximum atomic E-state index is 13.3. The molecule has 1 saturated carbocycles. The molecule has 2 aromatic carbocycles. The molecule has 3 N–H and O–H groups in total. The summed E-state index contributed by atoms with van der Waals surface area (Å²) >= 11 is 0. The molecule has 2 fully saturated rings. The molecule has 184 valence electrons. The number of carboxylic acids is 1. The minimum absolute atomic E-state index is 0.0949. The van der Waals surface area contributed by atoms with Crippen LogP contribution in [0, 0.1) is 5.92 Å². The molecule has 1 aliphatic heterocycles. The SMILES string of the molecule is O=C(NC1(C(=O)N[C@@H](CC2CC2)C(=O)O)CCOCC1)OCC1c2ccccc2-c2ccccc21. The Bertz CT molecular complexity index is 1080. The average molecular weight is 479 g/mol. The van der Waals surface area contributed by atoms with E-state index in [1.807, 2.05) is 36.4 Å². The van der Waals surface area contributed by atoms with Crippen LogP contribution in [0.15, 0.2) is 48.5 Å². The van der Waals surface area contributed by atoms with Gasteiger partial charge in [-0.05, 0) is 34.6 Å². The first kappa shape index (κ1) is 23.4. The van der Waals surface area contributed by atoms with Crippen LogP contribution in [0.5, 0.6) is 0 Å². The molecule has 1 saturated heterocycles. The van der Waals surface area contributed by atoms with Crippen molar-refractivity contribution in [1.29, 1.82) is 0 Å². The molecule has 2 aliphatic carbocycles. The number of carboxylic acid groups (broad SMARTS) is 1. The number of hydrogen-bond acceptors (Lipinski definition) is 5. The van der Waals surface area contributed by atoms with Crippen molar-refractivity contribution >= 4 is 18.0 Å². The molecule has 2 aromatic rings. The fourth-order valence-corrected chi connectivity index (χ4v) is 5.16. The standard InChI is InChI=1S/C27H30N2O6/c30-24(31)23(15-17-9-10-17)28-25(32)27(11-13-34-14-12-27)29-26(33)35-16-22-20-7-3-1-5-18(20)19-6-2-4-8-21(19)22/h1-8,17,22-23H,9-16H2,(H,28,32)(H,29,33)(H,30,31)/t23-/m0/s1. The highest BCUT2D eigenvalue weighted by Gasteiger charge is 2.44. The van der Waals surface area contributed by atoms with E-state index < -0.39 is 29.6 Å². The minimum Gasteiger partial charge on any atom is -0.480 e. The Morgan fingerprint density at radius 3 is 2.17 bits per heavy atom. The van der Waals surface area contributed by atoms with Gasteiger partial charge in [0.1, 0.15) is 18.2 Å². The van der Waals surface area contributed by atoms with Crippen molar-refractivity contribution < 1.29 is 29.0 Å². The van der Waals surface area contributed by atoms with Crippen molar-refractivity contribution in [3.63, 3.8) is 0 Å². The minimum atomic E-state index is -1.27. The van der Waals surface area contributed by atoms with E-state index in [0.29, 0.717) is 12.3 Å². The fraction of sp³-hybridized carbons (Fsp3) is 0.444. The number of carbonyl (C=O) groups is 3. The van der Waals surface area contributed by atoms with Crippen LogP contribution in [0.1, 0.15) is 49.1 Å². The predicted molar refractivity (Wildman–Crippen MR) is 128 cm³/mol. The molecule has 2 amide bonds. The van der Waals surface area contributed by atoms with E-state index >= 15 is 0 Å². The van der Waals surface area contributed by atoms with E-state index in [-0.39, 0.29) is 38.6 Å². The molecule has 3 aliphatic rings. The first-order valence-electron chi connectivity index (χ1n) is 12.2. The molecule has 0 spiro atoms. The molecule has 0 radical (unpaired) electrons. The third-order valence-electron chi connectivity index (χ3n) is 7.34. The Morgan fingerprint density at radius 1 is 1.00 bits per heavy atom. The van der Waals surface area contributed by atoms with E-state index in [2.05, 4.69) is 22.8 Å². The molecule has 1 heterocycles. The number of nitrogens with one attached hydrogen (secondary N) is 2. The number of aliphatic carboxylic acids is 1. The average Bonchev–Trinajstić information content (AvgIpc) is 3.63. The Balaban J connectivity index is 1.27. The first-order valence-corrected chi connectivity index (χ1v) is 12.2. The molecule has 5 rings (SSSR count). The smallest absolute Gasteiger partial charge is 0.408 e. The van der Waals surface area contributed by atoms with Gasteiger partial charge < -0.3 is 25.2 Å². The van der Waals surface area contributed by atoms with Gasteiger partial charge in [-0.15, -0.1) is 0 Å². The lowest BCUT2D eigenvalue weighted by atomic mass is 9.88. The van der Waals surface area contributed by atoms with Crippen molar-refractivity contribution in [3.05, 3.63) is 59.7 Å². The normalized spacial score (nSPS) is 19.2. The maximum absolute atomic E-state index is 13.3. The van der Waals surface area contributed by atoms with Gasteiger partial charge in [0.25, 0.3) is 0 Å². The van der Waals surface area contributed by atoms with E-state index in [1.165, 1.54) is 0 Å². The van der Waals surface area contributed by atoms with Gasteiger partial charge in [-0.3, -0.25) is 4.79 Å². The lowest BCUT2D eigenvalue weighted by molar-refractivity contribution is -0.144. The number of fused-ring (bicyclic) bond motifs is 3. The van der Waals surface area contributed by atoms with Crippen LogP contribution in [0.2, 0.25) is 0 Å². The number of alkyl carbamates (subject to hydrolysis) is 1. The Hall–Kier alpha value is -3.39. The van der Waals surface area contributed by atoms with Gasteiger partial charge in [-0.25, -0.2) is 9.59 Å². The van der Waals surface area contributed by atoms with E-state index in [9.17, 15) is 19.5 Å². The van der Waals surface area contributed by atoms with Crippen LogP contribution < -0.4 is 10.6 Å². The molecule has 0 unspecified atom stereocenters. The number of benzene rings is 2. The van der Waals surface area contributed by atoms with E-state index in [0.717, 1.165) is 35.1 Å². The summed E-state index contributed by atoms with van der Waals surface area (Å²) in [7, 11) is 0. The Morgan fingerprint density at radius 2 is 1.60 bits per heavy atom. The van der Waals surface area contributed by atoms with E-state index in [1.54, 1.807) is 0 Å². The maximum Gasteiger partial charge on any atom is 0.408 e. The molecular weight excluding hydrogens is 448 g/mol. The monoisotopic (exact) mass is 478 g/mol. The highest BCUT2D eigenvalue weighted by Crippen LogP contribution is 2.44. The second kappa shape index (κ2) is 9.70. The highest BCUT2D eigenvalue weighted by atomic mass is 16.5. The summed E-state index contributed by atoms with van der Waals surface area (Å²) in [5, 5.41) is 15.0. The summed E-state index contributed by atoms with van der Waals surface area (Å²) in [6, 6.07) is 15.2. The quantitative estimate of drug-likeness (QED) is 0.536. The Labute approximate surface area is 204 Å². The topological polar surface area (TPSA) is 114 Å². The van der Waals surface area contributed by atoms with Crippen molar-refractivity contribution in [2.75, 3.05) is 19.8 Å². The molecule has 35 heavy (non-hydrogen) atoms. The lowest BCUT2D eigenvalue weighted by Crippen LogP contribution is -2.63. The summed E-state index contributed by atoms with van der Waals surface area (Å²) in [6.45, 7) is 0.711. The molecule has 8 nitrogen and oxygen atoms in total. The zero-order chi connectivity index (χ0) is 24.4. The van der Waals surface area contributed by atoms with Gasteiger partial charge in [0.15, 0.2) is 0 Å². The molecule has 0 aromatic heterocycles. The number of rotatable bonds is 8. The van der Waals surface area contributed by atoms with Gasteiger partial charge in [-0.2, -0.15) is 0 Å². The van der Waals surface area contributed by atoms with Crippen molar-refractivity contribution in [1.82, 2.24) is 10.6 Å². The number of amides is 2. The second-order valence-electron chi connectivity index (χ2n) is 9.69. The van der Waals surface area contributed by atoms with Crippen LogP contribution in [-0.2, 0) is 19.1 Å². The van der Waals surface area contributed by atoms with Gasteiger partial charge in [0.2, 0.25) is 5.91 Å². The molecule has 8 heteroatoms. The lowest BCUT2D eigenvalue weighted by Gasteiger charge is -2.36. The summed E-state index contributed by atoms with van der Waals surface area (Å²) < 4.78 is 11.1. The number of ether oxygens (including phenoxy) is 2. The van der Waals surface area contributed by atoms with Crippen LogP contribution in [-0.4, -0.2) is 54.5 Å². The Kier molecular flexibility index (Phi) is 6.47. The summed E-state index contributed by atoms with van der Waals surface area (Å²) in [5.74, 6) is -1.32. The van der Waals surface area contributed by atoms with Crippen LogP contribution in [0.3, 0.4) is 0 Å². The zero-order valence-corrected chi connectivity index (χ0v) is 19.5. The van der Waals surface area contributed by atoms with Crippen molar-refractivity contribution in [2.45, 2.75) is 49.6 Å². The third kappa shape index (κ3) is 4.89. The van der Waals surface area contributed by atoms with Crippen molar-refractivity contribution in [2.24, 2.45) is 5.92 Å². The van der Waals surface area contributed by atoms with Gasteiger partial charge >= 0.3 is 12.1 Å². The van der Waals surface area contributed by atoms with Gasteiger partial charge in [0.05, 0.1) is 0 Å². The summed E-state index contributed by atoms with van der Waals surface area (Å²) in [4.78, 5) is 37.9. The zero-order valence-electron chi connectivity index (χ0n) is 19.5. The predicted octanol–water partition coefficient (Wildman–Crippen LogP) is 3.44. The largest absolute Gasteiger partial charge is 0.480 e. The summed E-state index contributed by atoms with van der Waals surface area (Å²) in [5.41, 5.74) is 3.20. The summed E-state index contributed by atoms with van der Waals surface area (Å²) in [6.07, 6.45) is 2.17. The number of hydrogen-bond donors (Lipinski definition) is 3. The third-order valence-corrected chi connectivity index (χ3v) is 7.34. The van der Waals surface area contributed by atoms with E-state index in [4.69, 9.17) is 9.47 Å². The second-order valence-corrected chi connectivity index (χ2v) is 9.69. The number of carbonyl (C=O) groups excluding carboxylic acids is 2.